The molecule has 0 aliphatic heterocycles. The van der Waals surface area contributed by atoms with Crippen LogP contribution in [0, 0.1) is 11.3 Å². The molecule has 1 atom stereocenters. The molecule has 148 valence electrons. The maximum Gasteiger partial charge on any atom is 0.332 e. The number of carboxylic acids is 2. The van der Waals surface area contributed by atoms with Crippen molar-refractivity contribution in [2.75, 3.05) is 0 Å². The highest BCUT2D eigenvalue weighted by Gasteiger charge is 2.51. The number of hydrogen-bond donors (Lipinski definition) is 2. The first-order valence-corrected chi connectivity index (χ1v) is 10.0. The van der Waals surface area contributed by atoms with Gasteiger partial charge in [-0.05, 0) is 25.2 Å². The van der Waals surface area contributed by atoms with Crippen LogP contribution >= 0.6 is 0 Å². The Balaban J connectivity index is 2.81. The fourth-order valence-corrected chi connectivity index (χ4v) is 4.16. The Morgan fingerprint density at radius 1 is 0.962 bits per heavy atom. The molecule has 0 aromatic heterocycles. The number of hydrogen-bond acceptors (Lipinski definition) is 3. The Bertz CT molecular complexity index is 505. The second kappa shape index (κ2) is 11.1. The minimum Gasteiger partial charge on any atom is -0.481 e. The number of Topliss-reactive ketones (excluding diaryl/α,β-unsaturated/α-hetero) is 1. The van der Waals surface area contributed by atoms with E-state index in [-0.39, 0.29) is 23.7 Å². The van der Waals surface area contributed by atoms with Crippen molar-refractivity contribution >= 4 is 17.7 Å². The summed E-state index contributed by atoms with van der Waals surface area (Å²) in [5.41, 5.74) is -2.00. The van der Waals surface area contributed by atoms with Gasteiger partial charge in [-0.1, -0.05) is 64.9 Å². The van der Waals surface area contributed by atoms with Crippen LogP contribution < -0.4 is 0 Å². The second-order valence-electron chi connectivity index (χ2n) is 7.63. The van der Waals surface area contributed by atoms with E-state index in [1.54, 1.807) is 0 Å². The summed E-state index contributed by atoms with van der Waals surface area (Å²) in [4.78, 5) is 36.3. The van der Waals surface area contributed by atoms with Crippen LogP contribution in [0.5, 0.6) is 0 Å². The van der Waals surface area contributed by atoms with Crippen molar-refractivity contribution in [1.82, 2.24) is 0 Å². The summed E-state index contributed by atoms with van der Waals surface area (Å²) in [5, 5.41) is 19.4. The maximum absolute atomic E-state index is 12.5. The average molecular weight is 366 g/mol. The van der Waals surface area contributed by atoms with Gasteiger partial charge in [0.2, 0.25) is 0 Å². The fourth-order valence-electron chi connectivity index (χ4n) is 4.16. The number of carbonyl (C=O) groups is 3. The highest BCUT2D eigenvalue weighted by atomic mass is 16.4. The normalized spacial score (nSPS) is 17.4. The molecule has 0 bridgehead atoms. The van der Waals surface area contributed by atoms with Crippen molar-refractivity contribution in [3.63, 3.8) is 0 Å². The molecule has 1 aliphatic carbocycles. The van der Waals surface area contributed by atoms with Gasteiger partial charge in [0.1, 0.15) is 11.2 Å². The van der Waals surface area contributed by atoms with Crippen molar-refractivity contribution in [3.8, 4) is 0 Å². The first-order chi connectivity index (χ1) is 12.4. The molecule has 1 saturated carbocycles. The summed E-state index contributed by atoms with van der Waals surface area (Å²) >= 11 is 0. The minimum atomic E-state index is -1.66. The minimum absolute atomic E-state index is 0.157. The van der Waals surface area contributed by atoms with Crippen molar-refractivity contribution in [2.45, 2.75) is 90.4 Å². The van der Waals surface area contributed by atoms with Gasteiger partial charge in [0, 0.05) is 18.4 Å². The van der Waals surface area contributed by atoms with E-state index in [2.05, 4.69) is 13.5 Å². The number of carbonyl (C=O) groups excluding carboxylic acids is 1. The molecule has 0 saturated heterocycles. The van der Waals surface area contributed by atoms with Crippen LogP contribution in [-0.4, -0.2) is 27.9 Å². The van der Waals surface area contributed by atoms with E-state index in [1.807, 2.05) is 0 Å². The largest absolute Gasteiger partial charge is 0.481 e. The zero-order valence-corrected chi connectivity index (χ0v) is 16.1. The highest BCUT2D eigenvalue weighted by Crippen LogP contribution is 2.46. The molecule has 2 N–H and O–H groups in total. The van der Waals surface area contributed by atoms with Gasteiger partial charge in [0.05, 0.1) is 0 Å². The van der Waals surface area contributed by atoms with Crippen LogP contribution in [0.2, 0.25) is 0 Å². The van der Waals surface area contributed by atoms with E-state index in [0.29, 0.717) is 19.3 Å². The molecular formula is C21H34O5. The summed E-state index contributed by atoms with van der Waals surface area (Å²) in [7, 11) is 0. The molecule has 0 aromatic rings. The van der Waals surface area contributed by atoms with Gasteiger partial charge >= 0.3 is 11.9 Å². The molecule has 26 heavy (non-hydrogen) atoms. The van der Waals surface area contributed by atoms with E-state index in [0.717, 1.165) is 44.9 Å². The Morgan fingerprint density at radius 2 is 1.54 bits per heavy atom. The Labute approximate surface area is 156 Å². The van der Waals surface area contributed by atoms with Gasteiger partial charge in [-0.3, -0.25) is 9.59 Å². The van der Waals surface area contributed by atoms with Crippen LogP contribution in [-0.2, 0) is 14.4 Å². The van der Waals surface area contributed by atoms with E-state index < -0.39 is 17.4 Å². The second-order valence-corrected chi connectivity index (χ2v) is 7.63. The molecule has 1 fully saturated rings. The third-order valence-corrected chi connectivity index (χ3v) is 5.77. The first kappa shape index (κ1) is 22.4. The summed E-state index contributed by atoms with van der Waals surface area (Å²) in [6.45, 7) is 5.72. The van der Waals surface area contributed by atoms with Crippen molar-refractivity contribution in [1.29, 1.82) is 0 Å². The summed E-state index contributed by atoms with van der Waals surface area (Å²) in [5.74, 6) is -3.01. The van der Waals surface area contributed by atoms with Gasteiger partial charge in [-0.25, -0.2) is 4.79 Å². The van der Waals surface area contributed by atoms with Crippen LogP contribution in [0.4, 0.5) is 0 Å². The maximum atomic E-state index is 12.5. The third kappa shape index (κ3) is 5.96. The molecule has 1 aliphatic rings. The van der Waals surface area contributed by atoms with Crippen LogP contribution in [0.1, 0.15) is 90.4 Å². The van der Waals surface area contributed by atoms with E-state index in [1.165, 1.54) is 12.8 Å². The third-order valence-electron chi connectivity index (χ3n) is 5.77. The summed E-state index contributed by atoms with van der Waals surface area (Å²) in [6.07, 6.45) is 10.4. The van der Waals surface area contributed by atoms with Gasteiger partial charge in [-0.15, -0.1) is 0 Å². The quantitative estimate of drug-likeness (QED) is 0.354. The van der Waals surface area contributed by atoms with E-state index >= 15 is 0 Å². The monoisotopic (exact) mass is 366 g/mol. The lowest BCUT2D eigenvalue weighted by atomic mass is 9.62. The van der Waals surface area contributed by atoms with Gasteiger partial charge < -0.3 is 10.2 Å². The number of aliphatic carboxylic acids is 2. The van der Waals surface area contributed by atoms with Crippen molar-refractivity contribution in [3.05, 3.63) is 12.2 Å². The van der Waals surface area contributed by atoms with E-state index in [9.17, 15) is 24.6 Å². The smallest absolute Gasteiger partial charge is 0.332 e. The lowest BCUT2D eigenvalue weighted by Crippen LogP contribution is -2.45. The van der Waals surface area contributed by atoms with Gasteiger partial charge in [0.25, 0.3) is 0 Å². The summed E-state index contributed by atoms with van der Waals surface area (Å²) < 4.78 is 0. The van der Waals surface area contributed by atoms with Gasteiger partial charge in [-0.2, -0.15) is 0 Å². The molecule has 0 aromatic carbocycles. The number of ketones is 1. The molecule has 1 unspecified atom stereocenters. The fraction of sp³-hybridized carbons (Fsp3) is 0.762. The van der Waals surface area contributed by atoms with E-state index in [4.69, 9.17) is 0 Å². The number of rotatable bonds is 13. The molecule has 0 amide bonds. The first-order valence-electron chi connectivity index (χ1n) is 10.0. The number of unbranched alkanes of at least 4 members (excludes halogenated alkanes) is 5. The van der Waals surface area contributed by atoms with Gasteiger partial charge in [0.15, 0.2) is 0 Å². The molecule has 5 heteroatoms. The predicted molar refractivity (Wildman–Crippen MR) is 101 cm³/mol. The average Bonchev–Trinajstić information content (AvgIpc) is 2.62. The standard InChI is InChI=1S/C21H34O5/c1-3-4-5-6-7-11-14-18(22)15-21(20(25)26,16(2)19(23)24)17-12-9-8-10-13-17/h17H,2-15H2,1H3,(H,23,24)(H,25,26). The topological polar surface area (TPSA) is 91.7 Å². The van der Waals surface area contributed by atoms with Crippen LogP contribution in [0.25, 0.3) is 0 Å². The molecule has 0 radical (unpaired) electrons. The molecule has 1 rings (SSSR count). The van der Waals surface area contributed by atoms with Crippen LogP contribution in [0.3, 0.4) is 0 Å². The number of carboxylic acid groups (broad SMARTS) is 2. The SMILES string of the molecule is C=C(C(=O)O)C(CC(=O)CCCCCCCC)(C(=O)O)C1CCCCC1. The summed E-state index contributed by atoms with van der Waals surface area (Å²) in [6, 6.07) is 0. The lowest BCUT2D eigenvalue weighted by Gasteiger charge is -2.39. The Kier molecular flexibility index (Phi) is 9.60. The van der Waals surface area contributed by atoms with Crippen LogP contribution in [0.15, 0.2) is 12.2 Å². The Hall–Kier alpha value is -1.65. The van der Waals surface area contributed by atoms with Crippen molar-refractivity contribution in [2.24, 2.45) is 11.3 Å². The molecule has 0 spiro atoms. The molecule has 5 nitrogen and oxygen atoms in total. The molecule has 0 heterocycles. The highest BCUT2D eigenvalue weighted by molar-refractivity contribution is 5.99. The lowest BCUT2D eigenvalue weighted by molar-refractivity contribution is -0.156. The Morgan fingerprint density at radius 3 is 2.08 bits per heavy atom. The zero-order valence-electron chi connectivity index (χ0n) is 16.1. The predicted octanol–water partition coefficient (Wildman–Crippen LogP) is 4.99. The van der Waals surface area contributed by atoms with Crippen molar-refractivity contribution < 1.29 is 24.6 Å². The molecular weight excluding hydrogens is 332 g/mol. The zero-order chi connectivity index (χ0) is 19.6.